The summed E-state index contributed by atoms with van der Waals surface area (Å²) in [6, 6.07) is 0.179. The van der Waals surface area contributed by atoms with Gasteiger partial charge in [0.2, 0.25) is 0 Å². The maximum absolute atomic E-state index is 8.88. The third-order valence-corrected chi connectivity index (χ3v) is 1.38. The third kappa shape index (κ3) is 1.32. The van der Waals surface area contributed by atoms with Gasteiger partial charge in [0.15, 0.2) is 0 Å². The Bertz CT molecular complexity index is 88.7. The van der Waals surface area contributed by atoms with E-state index in [2.05, 4.69) is 0 Å². The number of rotatable bonds is 0. The fraction of sp³-hybridized carbons (Fsp3) is 0.667. The highest BCUT2D eigenvalue weighted by molar-refractivity contribution is 5.00. The molecule has 2 heteroatoms. The monoisotopic (exact) mass is 113 g/mol. The maximum atomic E-state index is 8.88. The molecule has 0 spiro atoms. The molecule has 0 aromatic carbocycles. The summed E-state index contributed by atoms with van der Waals surface area (Å²) in [4.78, 5) is 0. The van der Waals surface area contributed by atoms with Gasteiger partial charge in [-0.25, -0.2) is 0 Å². The molecule has 0 fully saturated rings. The Morgan fingerprint density at radius 2 is 2.12 bits per heavy atom. The maximum Gasteiger partial charge on any atom is 0.0722 e. The molecule has 0 aromatic heterocycles. The molecule has 1 aliphatic rings. The summed E-state index contributed by atoms with van der Waals surface area (Å²) < 4.78 is 0. The molecule has 46 valence electrons. The van der Waals surface area contributed by atoms with E-state index in [1.807, 2.05) is 6.08 Å². The highest BCUT2D eigenvalue weighted by Crippen LogP contribution is 2.08. The molecule has 0 unspecified atom stereocenters. The van der Waals surface area contributed by atoms with Crippen LogP contribution in [0, 0.1) is 0 Å². The molecule has 1 aliphatic carbocycles. The fourth-order valence-corrected chi connectivity index (χ4v) is 0.827. The van der Waals surface area contributed by atoms with Gasteiger partial charge in [-0.2, -0.15) is 0 Å². The van der Waals surface area contributed by atoms with Crippen molar-refractivity contribution in [2.24, 2.45) is 5.73 Å². The molecule has 3 N–H and O–H groups in total. The molecule has 0 amide bonds. The van der Waals surface area contributed by atoms with Gasteiger partial charge in [-0.1, -0.05) is 12.2 Å². The second kappa shape index (κ2) is 2.29. The van der Waals surface area contributed by atoms with E-state index in [0.29, 0.717) is 0 Å². The minimum absolute atomic E-state index is 0.179. The van der Waals surface area contributed by atoms with Crippen LogP contribution in [0.15, 0.2) is 12.2 Å². The SMILES string of the molecule is N[C@H]1C=C[C@H](O)CC1. The zero-order chi connectivity index (χ0) is 5.98. The summed E-state index contributed by atoms with van der Waals surface area (Å²) in [6.07, 6.45) is 5.10. The van der Waals surface area contributed by atoms with Crippen LogP contribution in [0.25, 0.3) is 0 Å². The van der Waals surface area contributed by atoms with E-state index in [-0.39, 0.29) is 12.1 Å². The second-order valence-corrected chi connectivity index (χ2v) is 2.19. The molecular weight excluding hydrogens is 102 g/mol. The zero-order valence-electron chi connectivity index (χ0n) is 4.75. The van der Waals surface area contributed by atoms with E-state index in [0.717, 1.165) is 12.8 Å². The van der Waals surface area contributed by atoms with Gasteiger partial charge >= 0.3 is 0 Å². The third-order valence-electron chi connectivity index (χ3n) is 1.38. The lowest BCUT2D eigenvalue weighted by Gasteiger charge is -2.14. The number of nitrogens with two attached hydrogens (primary N) is 1. The number of aliphatic hydroxyl groups is 1. The molecular formula is C6H11NO. The number of hydrogen-bond donors (Lipinski definition) is 2. The molecule has 0 saturated heterocycles. The normalized spacial score (nSPS) is 37.8. The van der Waals surface area contributed by atoms with Crippen LogP contribution in [0.2, 0.25) is 0 Å². The summed E-state index contributed by atoms with van der Waals surface area (Å²) in [7, 11) is 0. The van der Waals surface area contributed by atoms with E-state index < -0.39 is 0 Å². The smallest absolute Gasteiger partial charge is 0.0722 e. The van der Waals surface area contributed by atoms with Gasteiger partial charge in [-0.15, -0.1) is 0 Å². The Morgan fingerprint density at radius 3 is 2.50 bits per heavy atom. The van der Waals surface area contributed by atoms with Gasteiger partial charge in [0.25, 0.3) is 0 Å². The first kappa shape index (κ1) is 5.79. The first-order chi connectivity index (χ1) is 3.79. The van der Waals surface area contributed by atoms with Gasteiger partial charge in [0, 0.05) is 6.04 Å². The van der Waals surface area contributed by atoms with Crippen LogP contribution in [-0.4, -0.2) is 17.3 Å². The summed E-state index contributed by atoms with van der Waals surface area (Å²) in [5, 5.41) is 8.88. The van der Waals surface area contributed by atoms with Gasteiger partial charge in [0.1, 0.15) is 0 Å². The fourth-order valence-electron chi connectivity index (χ4n) is 0.827. The standard InChI is InChI=1S/C6H11NO/c7-5-1-3-6(8)4-2-5/h1,3,5-6,8H,2,4,7H2/t5-,6-/m0/s1. The molecule has 2 nitrogen and oxygen atoms in total. The van der Waals surface area contributed by atoms with E-state index in [9.17, 15) is 0 Å². The van der Waals surface area contributed by atoms with Crippen molar-refractivity contribution in [3.63, 3.8) is 0 Å². The highest BCUT2D eigenvalue weighted by Gasteiger charge is 2.08. The van der Waals surface area contributed by atoms with Crippen molar-refractivity contribution in [1.29, 1.82) is 0 Å². The summed E-state index contributed by atoms with van der Waals surface area (Å²) in [5.74, 6) is 0. The lowest BCUT2D eigenvalue weighted by atomic mass is 10.0. The molecule has 0 aliphatic heterocycles. The van der Waals surface area contributed by atoms with Gasteiger partial charge in [0.05, 0.1) is 6.10 Å². The topological polar surface area (TPSA) is 46.2 Å². The van der Waals surface area contributed by atoms with Crippen molar-refractivity contribution in [1.82, 2.24) is 0 Å². The Hall–Kier alpha value is -0.340. The number of hydrogen-bond acceptors (Lipinski definition) is 2. The lowest BCUT2D eigenvalue weighted by molar-refractivity contribution is 0.201. The van der Waals surface area contributed by atoms with E-state index in [1.54, 1.807) is 6.08 Å². The molecule has 0 heterocycles. The van der Waals surface area contributed by atoms with Crippen molar-refractivity contribution < 1.29 is 5.11 Å². The van der Waals surface area contributed by atoms with Crippen LogP contribution in [-0.2, 0) is 0 Å². The van der Waals surface area contributed by atoms with Crippen LogP contribution in [0.3, 0.4) is 0 Å². The molecule has 2 atom stereocenters. The Morgan fingerprint density at radius 1 is 1.38 bits per heavy atom. The van der Waals surface area contributed by atoms with Crippen molar-refractivity contribution in [3.8, 4) is 0 Å². The molecule has 0 saturated carbocycles. The minimum atomic E-state index is -0.241. The quantitative estimate of drug-likeness (QED) is 0.435. The summed E-state index contributed by atoms with van der Waals surface area (Å²) in [6.45, 7) is 0. The molecule has 1 rings (SSSR count). The minimum Gasteiger partial charge on any atom is -0.389 e. The van der Waals surface area contributed by atoms with Gasteiger partial charge in [-0.05, 0) is 12.8 Å². The Balaban J connectivity index is 2.42. The average molecular weight is 113 g/mol. The zero-order valence-corrected chi connectivity index (χ0v) is 4.75. The van der Waals surface area contributed by atoms with Gasteiger partial charge < -0.3 is 10.8 Å². The van der Waals surface area contributed by atoms with E-state index in [4.69, 9.17) is 10.8 Å². The highest BCUT2D eigenvalue weighted by atomic mass is 16.3. The number of aliphatic hydroxyl groups excluding tert-OH is 1. The summed E-state index contributed by atoms with van der Waals surface area (Å²) in [5.41, 5.74) is 5.50. The first-order valence-corrected chi connectivity index (χ1v) is 2.91. The molecule has 0 aromatic rings. The molecule has 8 heavy (non-hydrogen) atoms. The van der Waals surface area contributed by atoms with Crippen LogP contribution in [0.5, 0.6) is 0 Å². The van der Waals surface area contributed by atoms with E-state index in [1.165, 1.54) is 0 Å². The van der Waals surface area contributed by atoms with Crippen LogP contribution in [0.4, 0.5) is 0 Å². The predicted molar refractivity (Wildman–Crippen MR) is 32.4 cm³/mol. The van der Waals surface area contributed by atoms with Crippen LogP contribution >= 0.6 is 0 Å². The van der Waals surface area contributed by atoms with Crippen LogP contribution in [0.1, 0.15) is 12.8 Å². The van der Waals surface area contributed by atoms with Crippen molar-refractivity contribution in [3.05, 3.63) is 12.2 Å². The van der Waals surface area contributed by atoms with Crippen molar-refractivity contribution in [2.45, 2.75) is 25.0 Å². The Kier molecular flexibility index (Phi) is 1.65. The average Bonchev–Trinajstić information content (AvgIpc) is 1.77. The van der Waals surface area contributed by atoms with Crippen molar-refractivity contribution >= 4 is 0 Å². The van der Waals surface area contributed by atoms with E-state index >= 15 is 0 Å². The second-order valence-electron chi connectivity index (χ2n) is 2.19. The molecule has 0 bridgehead atoms. The largest absolute Gasteiger partial charge is 0.389 e. The summed E-state index contributed by atoms with van der Waals surface area (Å²) >= 11 is 0. The Labute approximate surface area is 49.0 Å². The molecule has 0 radical (unpaired) electrons. The van der Waals surface area contributed by atoms with Gasteiger partial charge in [-0.3, -0.25) is 0 Å². The van der Waals surface area contributed by atoms with Crippen molar-refractivity contribution in [2.75, 3.05) is 0 Å². The lowest BCUT2D eigenvalue weighted by Crippen LogP contribution is -2.23. The van der Waals surface area contributed by atoms with Crippen LogP contribution < -0.4 is 5.73 Å². The first-order valence-electron chi connectivity index (χ1n) is 2.91. The predicted octanol–water partition coefficient (Wildman–Crippen LogP) is 0.0246.